The van der Waals surface area contributed by atoms with Gasteiger partial charge in [-0.05, 0) is 24.3 Å². The molecule has 3 N–H and O–H groups in total. The Morgan fingerprint density at radius 2 is 1.83 bits per heavy atom. The molecule has 0 radical (unpaired) electrons. The maximum Gasteiger partial charge on any atom is 0.265 e. The van der Waals surface area contributed by atoms with E-state index in [4.69, 9.17) is 10.6 Å². The smallest absolute Gasteiger partial charge is 0.265 e. The van der Waals surface area contributed by atoms with Crippen LogP contribution in [-0.2, 0) is 0 Å². The van der Waals surface area contributed by atoms with Crippen molar-refractivity contribution in [1.82, 2.24) is 15.4 Å². The second-order valence-corrected chi connectivity index (χ2v) is 4.19. The van der Waals surface area contributed by atoms with Crippen LogP contribution in [0.1, 0.15) is 10.4 Å². The van der Waals surface area contributed by atoms with E-state index in [1.165, 1.54) is 0 Å². The molecule has 1 saturated heterocycles. The number of nitrogens with two attached hydrogens (primary N) is 1. The summed E-state index contributed by atoms with van der Waals surface area (Å²) in [4.78, 5) is 12.0. The summed E-state index contributed by atoms with van der Waals surface area (Å²) in [5, 5.41) is 3.63. The van der Waals surface area contributed by atoms with Crippen molar-refractivity contribution in [2.24, 2.45) is 5.84 Å². The van der Waals surface area contributed by atoms with Crippen molar-refractivity contribution >= 4 is 5.91 Å². The molecule has 1 fully saturated rings. The van der Waals surface area contributed by atoms with Crippen molar-refractivity contribution in [2.75, 3.05) is 33.3 Å². The van der Waals surface area contributed by atoms with Crippen LogP contribution in [0.25, 0.3) is 0 Å². The monoisotopic (exact) mass is 250 g/mol. The maximum absolute atomic E-state index is 12.0. The van der Waals surface area contributed by atoms with Crippen molar-refractivity contribution in [3.05, 3.63) is 29.8 Å². The molecule has 6 heteroatoms. The molecule has 1 amide bonds. The zero-order valence-electron chi connectivity index (χ0n) is 10.4. The highest BCUT2D eigenvalue weighted by Crippen LogP contribution is 2.11. The minimum atomic E-state index is -0.108. The number of nitrogens with zero attached hydrogens (tertiary/aromatic N) is 2. The Morgan fingerprint density at radius 1 is 1.22 bits per heavy atom. The van der Waals surface area contributed by atoms with E-state index in [1.807, 2.05) is 5.01 Å². The van der Waals surface area contributed by atoms with Gasteiger partial charge < -0.3 is 4.74 Å². The van der Waals surface area contributed by atoms with E-state index >= 15 is 0 Å². The van der Waals surface area contributed by atoms with E-state index in [9.17, 15) is 4.79 Å². The summed E-state index contributed by atoms with van der Waals surface area (Å²) in [6.07, 6.45) is 0. The van der Waals surface area contributed by atoms with E-state index in [0.29, 0.717) is 5.56 Å². The number of carbonyl (C=O) groups is 1. The number of amides is 1. The quantitative estimate of drug-likeness (QED) is 0.729. The van der Waals surface area contributed by atoms with Gasteiger partial charge in [0.25, 0.3) is 5.91 Å². The van der Waals surface area contributed by atoms with Crippen molar-refractivity contribution in [1.29, 1.82) is 0 Å². The number of nitrogens with one attached hydrogen (secondary N) is 1. The molecule has 1 aliphatic heterocycles. The summed E-state index contributed by atoms with van der Waals surface area (Å²) in [5.74, 6) is 6.28. The number of hydrogen-bond acceptors (Lipinski definition) is 5. The number of hydrogen-bond donors (Lipinski definition) is 2. The molecule has 18 heavy (non-hydrogen) atoms. The maximum atomic E-state index is 12.0. The molecule has 0 spiro atoms. The van der Waals surface area contributed by atoms with Gasteiger partial charge in [0.1, 0.15) is 5.75 Å². The van der Waals surface area contributed by atoms with E-state index in [2.05, 4.69) is 5.43 Å². The number of ether oxygens (including phenoxy) is 1. The fourth-order valence-electron chi connectivity index (χ4n) is 1.78. The Morgan fingerprint density at radius 3 is 2.39 bits per heavy atom. The molecule has 0 atom stereocenters. The summed E-state index contributed by atoms with van der Waals surface area (Å²) in [6, 6.07) is 7.03. The van der Waals surface area contributed by atoms with Gasteiger partial charge in [-0.2, -0.15) is 0 Å². The average molecular weight is 250 g/mol. The van der Waals surface area contributed by atoms with Crippen LogP contribution >= 0.6 is 0 Å². The van der Waals surface area contributed by atoms with Crippen LogP contribution in [0.4, 0.5) is 0 Å². The van der Waals surface area contributed by atoms with E-state index in [-0.39, 0.29) is 5.91 Å². The van der Waals surface area contributed by atoms with Gasteiger partial charge in [0, 0.05) is 31.7 Å². The molecule has 1 aliphatic rings. The summed E-state index contributed by atoms with van der Waals surface area (Å²) >= 11 is 0. The summed E-state index contributed by atoms with van der Waals surface area (Å²) in [5.41, 5.74) is 3.48. The van der Waals surface area contributed by atoms with Gasteiger partial charge in [-0.1, -0.05) is 0 Å². The average Bonchev–Trinajstić information content (AvgIpc) is 2.41. The predicted octanol–water partition coefficient (Wildman–Crippen LogP) is -0.169. The molecule has 1 heterocycles. The fourth-order valence-corrected chi connectivity index (χ4v) is 1.78. The van der Waals surface area contributed by atoms with Crippen LogP contribution in [0, 0.1) is 0 Å². The van der Waals surface area contributed by atoms with E-state index in [0.717, 1.165) is 31.9 Å². The Labute approximate surface area is 106 Å². The third-order valence-electron chi connectivity index (χ3n) is 2.93. The largest absolute Gasteiger partial charge is 0.497 e. The second kappa shape index (κ2) is 5.81. The topological polar surface area (TPSA) is 70.8 Å². The normalized spacial score (nSPS) is 17.4. The van der Waals surface area contributed by atoms with Gasteiger partial charge in [0.15, 0.2) is 0 Å². The Kier molecular flexibility index (Phi) is 4.14. The molecule has 0 aliphatic carbocycles. The molecule has 98 valence electrons. The van der Waals surface area contributed by atoms with Crippen LogP contribution < -0.4 is 16.0 Å². The van der Waals surface area contributed by atoms with Gasteiger partial charge in [-0.3, -0.25) is 16.1 Å². The first kappa shape index (κ1) is 12.8. The molecule has 0 bridgehead atoms. The van der Waals surface area contributed by atoms with Crippen LogP contribution in [0.2, 0.25) is 0 Å². The van der Waals surface area contributed by atoms with Gasteiger partial charge in [-0.25, -0.2) is 10.0 Å². The Balaban J connectivity index is 1.90. The summed E-state index contributed by atoms with van der Waals surface area (Å²) < 4.78 is 5.05. The van der Waals surface area contributed by atoms with Crippen molar-refractivity contribution in [3.63, 3.8) is 0 Å². The lowest BCUT2D eigenvalue weighted by Crippen LogP contribution is -2.55. The molecule has 0 saturated carbocycles. The molecule has 1 aromatic carbocycles. The first-order valence-electron chi connectivity index (χ1n) is 5.88. The SMILES string of the molecule is COc1ccc(C(=O)NN2CCN(N)CC2)cc1. The van der Waals surface area contributed by atoms with Gasteiger partial charge in [-0.15, -0.1) is 0 Å². The van der Waals surface area contributed by atoms with Crippen LogP contribution in [-0.4, -0.2) is 49.2 Å². The zero-order valence-corrected chi connectivity index (χ0v) is 10.4. The van der Waals surface area contributed by atoms with Crippen LogP contribution in [0.5, 0.6) is 5.75 Å². The number of carbonyl (C=O) groups excluding carboxylic acids is 1. The van der Waals surface area contributed by atoms with Gasteiger partial charge in [0.2, 0.25) is 0 Å². The predicted molar refractivity (Wildman–Crippen MR) is 67.8 cm³/mol. The highest BCUT2D eigenvalue weighted by Gasteiger charge is 2.16. The molecular formula is C12H18N4O2. The Bertz CT molecular complexity index is 399. The Hall–Kier alpha value is -1.63. The minimum Gasteiger partial charge on any atom is -0.497 e. The first-order valence-corrected chi connectivity index (χ1v) is 5.88. The van der Waals surface area contributed by atoms with Gasteiger partial charge in [0.05, 0.1) is 7.11 Å². The summed E-state index contributed by atoms with van der Waals surface area (Å²) in [7, 11) is 1.60. The zero-order chi connectivity index (χ0) is 13.0. The molecule has 2 rings (SSSR count). The third-order valence-corrected chi connectivity index (χ3v) is 2.93. The van der Waals surface area contributed by atoms with Crippen LogP contribution in [0.3, 0.4) is 0 Å². The molecule has 0 unspecified atom stereocenters. The van der Waals surface area contributed by atoms with Gasteiger partial charge >= 0.3 is 0 Å². The number of benzene rings is 1. The second-order valence-electron chi connectivity index (χ2n) is 4.19. The first-order chi connectivity index (χ1) is 8.69. The minimum absolute atomic E-state index is 0.108. The third kappa shape index (κ3) is 3.19. The van der Waals surface area contributed by atoms with E-state index < -0.39 is 0 Å². The lowest BCUT2D eigenvalue weighted by Gasteiger charge is -2.31. The number of methoxy groups -OCH3 is 1. The lowest BCUT2D eigenvalue weighted by molar-refractivity contribution is 0.0619. The van der Waals surface area contributed by atoms with Crippen molar-refractivity contribution < 1.29 is 9.53 Å². The van der Waals surface area contributed by atoms with E-state index in [1.54, 1.807) is 36.4 Å². The highest BCUT2D eigenvalue weighted by molar-refractivity contribution is 5.93. The number of piperazine rings is 1. The lowest BCUT2D eigenvalue weighted by atomic mass is 10.2. The number of hydrazine groups is 2. The summed E-state index contributed by atoms with van der Waals surface area (Å²) in [6.45, 7) is 2.97. The molecule has 6 nitrogen and oxygen atoms in total. The fraction of sp³-hybridized carbons (Fsp3) is 0.417. The molecule has 0 aromatic heterocycles. The molecule has 1 aromatic rings. The van der Waals surface area contributed by atoms with Crippen molar-refractivity contribution in [2.45, 2.75) is 0 Å². The van der Waals surface area contributed by atoms with Crippen LogP contribution in [0.15, 0.2) is 24.3 Å². The standard InChI is InChI=1S/C12H18N4O2/c1-18-11-4-2-10(3-5-11)12(17)14-16-8-6-15(13)7-9-16/h2-5H,6-9,13H2,1H3,(H,14,17). The number of rotatable bonds is 3. The van der Waals surface area contributed by atoms with Crippen molar-refractivity contribution in [3.8, 4) is 5.75 Å². The molecular weight excluding hydrogens is 232 g/mol. The highest BCUT2D eigenvalue weighted by atomic mass is 16.5.